The van der Waals surface area contributed by atoms with Crippen molar-refractivity contribution in [1.29, 1.82) is 0 Å². The number of unbranched alkanes of at least 4 members (excludes halogenated alkanes) is 4. The van der Waals surface area contributed by atoms with E-state index in [1.807, 2.05) is 0 Å². The highest BCUT2D eigenvalue weighted by atomic mass is 16.1. The summed E-state index contributed by atoms with van der Waals surface area (Å²) in [6, 6.07) is 0. The Morgan fingerprint density at radius 3 is 2.79 bits per heavy atom. The Hall–Kier alpha value is -1.19. The molecule has 0 aliphatic carbocycles. The number of aromatic nitrogens is 3. The minimum absolute atomic E-state index is 0.0685. The molecule has 0 aliphatic rings. The SMILES string of the molecule is CCCCCCCC(=O)c1ncn[nH]1. The molecule has 0 fully saturated rings. The van der Waals surface area contributed by atoms with Gasteiger partial charge in [-0.25, -0.2) is 4.98 Å². The third-order valence-electron chi connectivity index (χ3n) is 2.19. The molecule has 0 aliphatic heterocycles. The van der Waals surface area contributed by atoms with Crippen molar-refractivity contribution in [2.75, 3.05) is 0 Å². The average molecular weight is 195 g/mol. The van der Waals surface area contributed by atoms with Gasteiger partial charge in [0.05, 0.1) is 0 Å². The number of aromatic amines is 1. The molecule has 0 spiro atoms. The topological polar surface area (TPSA) is 58.6 Å². The van der Waals surface area contributed by atoms with E-state index in [0.717, 1.165) is 12.8 Å². The summed E-state index contributed by atoms with van der Waals surface area (Å²) in [5, 5.41) is 6.22. The first-order valence-corrected chi connectivity index (χ1v) is 5.23. The van der Waals surface area contributed by atoms with E-state index in [1.54, 1.807) is 0 Å². The molecule has 0 unspecified atom stereocenters. The van der Waals surface area contributed by atoms with Crippen molar-refractivity contribution in [3.8, 4) is 0 Å². The largest absolute Gasteiger partial charge is 0.291 e. The average Bonchev–Trinajstić information content (AvgIpc) is 2.70. The lowest BCUT2D eigenvalue weighted by Gasteiger charge is -1.97. The molecule has 14 heavy (non-hydrogen) atoms. The lowest BCUT2D eigenvalue weighted by atomic mass is 10.1. The first kappa shape index (κ1) is 10.9. The Morgan fingerprint density at radius 2 is 2.14 bits per heavy atom. The third kappa shape index (κ3) is 3.68. The Kier molecular flexibility index (Phi) is 4.89. The molecule has 1 N–H and O–H groups in total. The van der Waals surface area contributed by atoms with Crippen LogP contribution in [0.3, 0.4) is 0 Å². The second-order valence-corrected chi connectivity index (χ2v) is 3.42. The monoisotopic (exact) mass is 195 g/mol. The van der Waals surface area contributed by atoms with E-state index in [1.165, 1.54) is 25.6 Å². The second-order valence-electron chi connectivity index (χ2n) is 3.42. The molecule has 1 aromatic heterocycles. The van der Waals surface area contributed by atoms with Gasteiger partial charge in [0.2, 0.25) is 0 Å². The molecule has 0 radical (unpaired) electrons. The summed E-state index contributed by atoms with van der Waals surface area (Å²) in [5.41, 5.74) is 0. The van der Waals surface area contributed by atoms with Crippen LogP contribution in [0.4, 0.5) is 0 Å². The van der Waals surface area contributed by atoms with E-state index < -0.39 is 0 Å². The van der Waals surface area contributed by atoms with Crippen molar-refractivity contribution in [2.45, 2.75) is 45.4 Å². The number of Topliss-reactive ketones (excluding diaryl/α,β-unsaturated/α-hetero) is 1. The molecule has 1 aromatic rings. The van der Waals surface area contributed by atoms with Crippen LogP contribution in [0.5, 0.6) is 0 Å². The standard InChI is InChI=1S/C10H17N3O/c1-2-3-4-5-6-7-9(14)10-11-8-12-13-10/h8H,2-7H2,1H3,(H,11,12,13). The van der Waals surface area contributed by atoms with E-state index in [-0.39, 0.29) is 5.78 Å². The van der Waals surface area contributed by atoms with Crippen molar-refractivity contribution in [3.05, 3.63) is 12.2 Å². The van der Waals surface area contributed by atoms with Crippen molar-refractivity contribution in [1.82, 2.24) is 15.2 Å². The van der Waals surface area contributed by atoms with E-state index in [0.29, 0.717) is 12.2 Å². The molecule has 0 bridgehead atoms. The molecular weight excluding hydrogens is 178 g/mol. The van der Waals surface area contributed by atoms with Crippen LogP contribution in [0.15, 0.2) is 6.33 Å². The highest BCUT2D eigenvalue weighted by Gasteiger charge is 2.07. The number of rotatable bonds is 7. The molecule has 1 rings (SSSR count). The zero-order valence-electron chi connectivity index (χ0n) is 8.62. The van der Waals surface area contributed by atoms with Gasteiger partial charge in [-0.3, -0.25) is 9.89 Å². The maximum atomic E-state index is 11.4. The number of carbonyl (C=O) groups excluding carboxylic acids is 1. The van der Waals surface area contributed by atoms with Crippen LogP contribution < -0.4 is 0 Å². The van der Waals surface area contributed by atoms with E-state index in [4.69, 9.17) is 0 Å². The Bertz CT molecular complexity index is 256. The molecule has 4 nitrogen and oxygen atoms in total. The van der Waals surface area contributed by atoms with Gasteiger partial charge in [0.15, 0.2) is 11.6 Å². The van der Waals surface area contributed by atoms with Crippen molar-refractivity contribution < 1.29 is 4.79 Å². The minimum Gasteiger partial charge on any atom is -0.291 e. The normalized spacial score (nSPS) is 10.4. The van der Waals surface area contributed by atoms with Gasteiger partial charge >= 0.3 is 0 Å². The van der Waals surface area contributed by atoms with Gasteiger partial charge in [0.25, 0.3) is 0 Å². The molecule has 0 aromatic carbocycles. The molecule has 0 atom stereocenters. The lowest BCUT2D eigenvalue weighted by Crippen LogP contribution is -2.01. The van der Waals surface area contributed by atoms with E-state index in [9.17, 15) is 4.79 Å². The van der Waals surface area contributed by atoms with Gasteiger partial charge in [-0.1, -0.05) is 32.6 Å². The molecule has 0 saturated heterocycles. The Labute approximate surface area is 84.1 Å². The van der Waals surface area contributed by atoms with Crippen molar-refractivity contribution in [3.63, 3.8) is 0 Å². The number of carbonyl (C=O) groups is 1. The highest BCUT2D eigenvalue weighted by molar-refractivity contribution is 5.92. The minimum atomic E-state index is 0.0685. The summed E-state index contributed by atoms with van der Waals surface area (Å²) in [5.74, 6) is 0.458. The summed E-state index contributed by atoms with van der Waals surface area (Å²) in [6.07, 6.45) is 7.75. The summed E-state index contributed by atoms with van der Waals surface area (Å²) in [6.45, 7) is 2.18. The van der Waals surface area contributed by atoms with Crippen LogP contribution in [-0.2, 0) is 0 Å². The predicted octanol–water partition coefficient (Wildman–Crippen LogP) is 2.35. The van der Waals surface area contributed by atoms with Crippen LogP contribution in [0.25, 0.3) is 0 Å². The molecule has 0 amide bonds. The predicted molar refractivity (Wildman–Crippen MR) is 54.1 cm³/mol. The molecular formula is C10H17N3O. The summed E-state index contributed by atoms with van der Waals surface area (Å²) in [7, 11) is 0. The fourth-order valence-electron chi connectivity index (χ4n) is 1.35. The Morgan fingerprint density at radius 1 is 1.36 bits per heavy atom. The van der Waals surface area contributed by atoms with Gasteiger partial charge < -0.3 is 0 Å². The number of nitrogens with one attached hydrogen (secondary N) is 1. The van der Waals surface area contributed by atoms with E-state index >= 15 is 0 Å². The quantitative estimate of drug-likeness (QED) is 0.536. The fraction of sp³-hybridized carbons (Fsp3) is 0.700. The maximum absolute atomic E-state index is 11.4. The van der Waals surface area contributed by atoms with Crippen molar-refractivity contribution >= 4 is 5.78 Å². The number of hydrogen-bond donors (Lipinski definition) is 1. The first-order chi connectivity index (χ1) is 6.84. The fourth-order valence-corrected chi connectivity index (χ4v) is 1.35. The van der Waals surface area contributed by atoms with E-state index in [2.05, 4.69) is 22.1 Å². The maximum Gasteiger partial charge on any atom is 0.199 e. The third-order valence-corrected chi connectivity index (χ3v) is 2.19. The zero-order valence-corrected chi connectivity index (χ0v) is 8.62. The van der Waals surface area contributed by atoms with Gasteiger partial charge in [0.1, 0.15) is 6.33 Å². The van der Waals surface area contributed by atoms with Gasteiger partial charge in [0, 0.05) is 6.42 Å². The summed E-state index contributed by atoms with van der Waals surface area (Å²) >= 11 is 0. The number of hydrogen-bond acceptors (Lipinski definition) is 3. The lowest BCUT2D eigenvalue weighted by molar-refractivity contribution is 0.0969. The molecule has 1 heterocycles. The zero-order chi connectivity index (χ0) is 10.2. The highest BCUT2D eigenvalue weighted by Crippen LogP contribution is 2.07. The van der Waals surface area contributed by atoms with Crippen LogP contribution in [0, 0.1) is 0 Å². The van der Waals surface area contributed by atoms with Crippen LogP contribution in [0.1, 0.15) is 56.1 Å². The summed E-state index contributed by atoms with van der Waals surface area (Å²) < 4.78 is 0. The Balaban J connectivity index is 2.10. The number of nitrogens with zero attached hydrogens (tertiary/aromatic N) is 2. The van der Waals surface area contributed by atoms with Crippen molar-refractivity contribution in [2.24, 2.45) is 0 Å². The summed E-state index contributed by atoms with van der Waals surface area (Å²) in [4.78, 5) is 15.2. The molecule has 0 saturated carbocycles. The van der Waals surface area contributed by atoms with Crippen LogP contribution >= 0.6 is 0 Å². The smallest absolute Gasteiger partial charge is 0.199 e. The van der Waals surface area contributed by atoms with Crippen LogP contribution in [-0.4, -0.2) is 21.0 Å². The van der Waals surface area contributed by atoms with Gasteiger partial charge in [-0.05, 0) is 6.42 Å². The molecule has 78 valence electrons. The van der Waals surface area contributed by atoms with Gasteiger partial charge in [-0.15, -0.1) is 0 Å². The van der Waals surface area contributed by atoms with Crippen LogP contribution in [0.2, 0.25) is 0 Å². The number of ketones is 1. The van der Waals surface area contributed by atoms with Gasteiger partial charge in [-0.2, -0.15) is 5.10 Å². The second kappa shape index (κ2) is 6.29. The first-order valence-electron chi connectivity index (χ1n) is 5.23. The molecule has 4 heteroatoms. The number of H-pyrrole nitrogens is 1.